The van der Waals surface area contributed by atoms with Gasteiger partial charge in [0.1, 0.15) is 0 Å². The van der Waals surface area contributed by atoms with Crippen LogP contribution in [0.25, 0.3) is 0 Å². The van der Waals surface area contributed by atoms with E-state index < -0.39 is 0 Å². The van der Waals surface area contributed by atoms with Gasteiger partial charge in [-0.05, 0) is 0 Å². The van der Waals surface area contributed by atoms with Crippen molar-refractivity contribution in [3.8, 4) is 0 Å². The van der Waals surface area contributed by atoms with Gasteiger partial charge < -0.3 is 0 Å². The molecule has 0 nitrogen and oxygen atoms in total. The van der Waals surface area contributed by atoms with Crippen LogP contribution in [0, 0.1) is 0 Å². The molecule has 8 heavy (non-hydrogen) atoms. The topological polar surface area (TPSA) is 0 Å². The minimum absolute atomic E-state index is 0.0192. The van der Waals surface area contributed by atoms with E-state index >= 15 is 0 Å². The molecule has 0 aromatic rings. The van der Waals surface area contributed by atoms with Crippen LogP contribution in [0.1, 0.15) is 6.92 Å². The Morgan fingerprint density at radius 2 is 2.00 bits per heavy atom. The predicted octanol–water partition coefficient (Wildman–Crippen LogP) is 2.42. The van der Waals surface area contributed by atoms with Crippen molar-refractivity contribution in [3.05, 3.63) is 24.3 Å². The zero-order chi connectivity index (χ0) is 5.82. The summed E-state index contributed by atoms with van der Waals surface area (Å²) in [6, 6.07) is 0. The summed E-state index contributed by atoms with van der Waals surface area (Å²) in [6.45, 7) is 2.30. The second-order valence-electron chi connectivity index (χ2n) is 1.85. The fraction of sp³-hybridized carbons (Fsp3) is 0.429. The Morgan fingerprint density at radius 3 is 2.50 bits per heavy atom. The Kier molecular flexibility index (Phi) is 2.76. The van der Waals surface area contributed by atoms with Crippen LogP contribution >= 0.6 is 0 Å². The maximum absolute atomic E-state index is 2.33. The Hall–Kier alpha value is 0.363. The number of rotatable bonds is 2. The van der Waals surface area contributed by atoms with Crippen molar-refractivity contribution >= 4 is 0 Å². The van der Waals surface area contributed by atoms with E-state index in [4.69, 9.17) is 0 Å². The van der Waals surface area contributed by atoms with Gasteiger partial charge in [0.05, 0.1) is 0 Å². The van der Waals surface area contributed by atoms with Crippen molar-refractivity contribution in [1.29, 1.82) is 0 Å². The van der Waals surface area contributed by atoms with E-state index in [0.29, 0.717) is 0 Å². The number of hydrogen-bond donors (Lipinski definition) is 0. The third-order valence-corrected chi connectivity index (χ3v) is 4.30. The van der Waals surface area contributed by atoms with E-state index in [1.54, 1.807) is 0 Å². The second kappa shape index (κ2) is 3.40. The van der Waals surface area contributed by atoms with Gasteiger partial charge in [0.25, 0.3) is 0 Å². The van der Waals surface area contributed by atoms with E-state index in [0.717, 1.165) is 3.63 Å². The summed E-state index contributed by atoms with van der Waals surface area (Å²) in [5.74, 6) is 0. The molecule has 0 fully saturated rings. The van der Waals surface area contributed by atoms with Gasteiger partial charge in [-0.3, -0.25) is 0 Å². The van der Waals surface area contributed by atoms with Crippen molar-refractivity contribution in [2.45, 2.75) is 14.7 Å². The molecule has 1 aliphatic carbocycles. The van der Waals surface area contributed by atoms with Crippen LogP contribution in [0.4, 0.5) is 0 Å². The third kappa shape index (κ3) is 1.70. The van der Waals surface area contributed by atoms with E-state index in [-0.39, 0.29) is 23.2 Å². The second-order valence-corrected chi connectivity index (χ2v) is 6.23. The molecule has 0 radical (unpaired) electrons. The molecule has 0 atom stereocenters. The summed E-state index contributed by atoms with van der Waals surface area (Å²) in [4.78, 5) is 0. The molecule has 0 N–H and O–H groups in total. The molecule has 0 aliphatic heterocycles. The van der Waals surface area contributed by atoms with Crippen molar-refractivity contribution in [1.82, 2.24) is 0 Å². The SMILES string of the molecule is C[CH2][Zr][CH]1C=CC=C1. The maximum atomic E-state index is 2.33. The van der Waals surface area contributed by atoms with Gasteiger partial charge in [-0.25, -0.2) is 0 Å². The summed E-state index contributed by atoms with van der Waals surface area (Å²) in [5.41, 5.74) is 0. The van der Waals surface area contributed by atoms with E-state index in [2.05, 4.69) is 31.2 Å². The number of allylic oxidation sites excluding steroid dienone is 4. The van der Waals surface area contributed by atoms with Crippen molar-refractivity contribution in [2.75, 3.05) is 0 Å². The molecule has 0 aromatic carbocycles. The molecular weight excluding hydrogens is 175 g/mol. The van der Waals surface area contributed by atoms with E-state index in [9.17, 15) is 0 Å². The van der Waals surface area contributed by atoms with Gasteiger partial charge in [-0.15, -0.1) is 0 Å². The van der Waals surface area contributed by atoms with Crippen LogP contribution < -0.4 is 0 Å². The minimum atomic E-state index is -0.0192. The van der Waals surface area contributed by atoms with Crippen LogP contribution in [0.5, 0.6) is 0 Å². The summed E-state index contributed by atoms with van der Waals surface area (Å²) >= 11 is -0.0192. The Morgan fingerprint density at radius 1 is 1.38 bits per heavy atom. The van der Waals surface area contributed by atoms with Gasteiger partial charge >= 0.3 is 62.2 Å². The van der Waals surface area contributed by atoms with Crippen LogP contribution in [-0.2, 0) is 23.2 Å². The van der Waals surface area contributed by atoms with Crippen LogP contribution in [0.2, 0.25) is 7.75 Å². The average Bonchev–Trinajstić information content (AvgIpc) is 2.19. The van der Waals surface area contributed by atoms with E-state index in [1.807, 2.05) is 0 Å². The molecule has 1 rings (SSSR count). The van der Waals surface area contributed by atoms with Gasteiger partial charge in [0.2, 0.25) is 0 Å². The van der Waals surface area contributed by atoms with Gasteiger partial charge in [0.15, 0.2) is 0 Å². The summed E-state index contributed by atoms with van der Waals surface area (Å²) < 4.78 is 2.38. The van der Waals surface area contributed by atoms with Crippen molar-refractivity contribution in [3.63, 3.8) is 0 Å². The average molecular weight is 185 g/mol. The normalized spacial score (nSPS) is 17.6. The monoisotopic (exact) mass is 184 g/mol. The quantitative estimate of drug-likeness (QED) is 0.620. The first kappa shape index (κ1) is 6.48. The van der Waals surface area contributed by atoms with Crippen molar-refractivity contribution in [2.24, 2.45) is 0 Å². The van der Waals surface area contributed by atoms with Gasteiger partial charge in [-0.1, -0.05) is 0 Å². The molecular formula is C7H10Zr. The molecule has 0 saturated heterocycles. The summed E-state index contributed by atoms with van der Waals surface area (Å²) in [5, 5.41) is 0. The molecule has 1 aliphatic rings. The fourth-order valence-corrected chi connectivity index (χ4v) is 3.18. The van der Waals surface area contributed by atoms with Crippen LogP contribution in [0.15, 0.2) is 24.3 Å². The Labute approximate surface area is 62.2 Å². The third-order valence-electron chi connectivity index (χ3n) is 1.19. The molecule has 42 valence electrons. The van der Waals surface area contributed by atoms with Gasteiger partial charge in [-0.2, -0.15) is 0 Å². The first-order chi connectivity index (χ1) is 3.93. The first-order valence-corrected chi connectivity index (χ1v) is 6.17. The van der Waals surface area contributed by atoms with Crippen molar-refractivity contribution < 1.29 is 23.2 Å². The van der Waals surface area contributed by atoms with Crippen LogP contribution in [-0.4, -0.2) is 0 Å². The predicted molar refractivity (Wildman–Crippen MR) is 32.5 cm³/mol. The molecule has 0 aromatic heterocycles. The molecule has 0 unspecified atom stereocenters. The standard InChI is InChI=1S/C5H5.C2H5.Zr/c1-2-4-5-3-1;1-2;/h1-5H;1H2,2H3;. The zero-order valence-corrected chi connectivity index (χ0v) is 7.55. The fourth-order valence-electron chi connectivity index (χ4n) is 0.804. The molecule has 0 amide bonds. The summed E-state index contributed by atoms with van der Waals surface area (Å²) in [6.07, 6.45) is 8.99. The first-order valence-electron chi connectivity index (χ1n) is 3.02. The Bertz CT molecular complexity index is 102. The van der Waals surface area contributed by atoms with E-state index in [1.165, 1.54) is 4.13 Å². The van der Waals surface area contributed by atoms with Crippen LogP contribution in [0.3, 0.4) is 0 Å². The molecule has 1 heteroatoms. The Balaban J connectivity index is 2.27. The molecule has 0 saturated carbocycles. The molecule has 0 spiro atoms. The molecule has 0 heterocycles. The van der Waals surface area contributed by atoms with Gasteiger partial charge in [0, 0.05) is 0 Å². The number of hydrogen-bond acceptors (Lipinski definition) is 0. The molecule has 0 bridgehead atoms. The zero-order valence-electron chi connectivity index (χ0n) is 5.09. The summed E-state index contributed by atoms with van der Waals surface area (Å²) in [7, 11) is 0.